The van der Waals surface area contributed by atoms with Crippen LogP contribution >= 0.6 is 11.3 Å². The predicted molar refractivity (Wildman–Crippen MR) is 77.5 cm³/mol. The molecule has 100 valence electrons. The average molecular weight is 287 g/mol. The monoisotopic (exact) mass is 287 g/mol. The second kappa shape index (κ2) is 4.78. The number of thiophene rings is 1. The molecule has 6 nitrogen and oxygen atoms in total. The Morgan fingerprint density at radius 1 is 1.05 bits per heavy atom. The maximum atomic E-state index is 11.9. The van der Waals surface area contributed by atoms with E-state index in [0.717, 1.165) is 0 Å². The molecule has 0 saturated carbocycles. The SMILES string of the molecule is O=C(Nc1ccc2[nH]c(=O)c(=O)[nH]c2c1)c1cccs1. The highest BCUT2D eigenvalue weighted by Gasteiger charge is 2.07. The summed E-state index contributed by atoms with van der Waals surface area (Å²) in [4.78, 5) is 39.9. The predicted octanol–water partition coefficient (Wildman–Crippen LogP) is 1.53. The Hall–Kier alpha value is -2.67. The van der Waals surface area contributed by atoms with Gasteiger partial charge in [-0.3, -0.25) is 14.4 Å². The summed E-state index contributed by atoms with van der Waals surface area (Å²) < 4.78 is 0. The van der Waals surface area contributed by atoms with Crippen LogP contribution in [0.3, 0.4) is 0 Å². The quantitative estimate of drug-likeness (QED) is 0.624. The number of H-pyrrole nitrogens is 2. The van der Waals surface area contributed by atoms with Crippen LogP contribution in [0.4, 0.5) is 5.69 Å². The molecule has 0 spiro atoms. The smallest absolute Gasteiger partial charge is 0.314 e. The Bertz CT molecular complexity index is 893. The van der Waals surface area contributed by atoms with E-state index in [-0.39, 0.29) is 5.91 Å². The summed E-state index contributed by atoms with van der Waals surface area (Å²) in [5.41, 5.74) is 0.0769. The highest BCUT2D eigenvalue weighted by molar-refractivity contribution is 7.12. The number of hydrogen-bond acceptors (Lipinski definition) is 4. The second-order valence-electron chi connectivity index (χ2n) is 4.10. The van der Waals surface area contributed by atoms with Crippen molar-refractivity contribution < 1.29 is 4.79 Å². The lowest BCUT2D eigenvalue weighted by Crippen LogP contribution is -2.28. The van der Waals surface area contributed by atoms with E-state index < -0.39 is 11.1 Å². The summed E-state index contributed by atoms with van der Waals surface area (Å²) in [5.74, 6) is -0.217. The lowest BCUT2D eigenvalue weighted by Gasteiger charge is -2.05. The van der Waals surface area contributed by atoms with Crippen LogP contribution in [0.15, 0.2) is 45.3 Å². The Morgan fingerprint density at radius 2 is 1.80 bits per heavy atom. The summed E-state index contributed by atoms with van der Waals surface area (Å²) in [6.07, 6.45) is 0. The van der Waals surface area contributed by atoms with Crippen molar-refractivity contribution in [3.05, 3.63) is 61.3 Å². The molecule has 1 amide bonds. The van der Waals surface area contributed by atoms with Crippen molar-refractivity contribution in [2.24, 2.45) is 0 Å². The summed E-state index contributed by atoms with van der Waals surface area (Å²) in [6.45, 7) is 0. The Kier molecular flexibility index (Phi) is 2.96. The van der Waals surface area contributed by atoms with Crippen molar-refractivity contribution in [3.8, 4) is 0 Å². The maximum Gasteiger partial charge on any atom is 0.314 e. The first kappa shape index (κ1) is 12.4. The van der Waals surface area contributed by atoms with Crippen molar-refractivity contribution in [1.82, 2.24) is 9.97 Å². The molecular formula is C13H9N3O3S. The van der Waals surface area contributed by atoms with E-state index in [9.17, 15) is 14.4 Å². The molecule has 0 fully saturated rings. The molecule has 0 unspecified atom stereocenters. The van der Waals surface area contributed by atoms with Gasteiger partial charge < -0.3 is 15.3 Å². The molecule has 1 aromatic carbocycles. The topological polar surface area (TPSA) is 94.8 Å². The largest absolute Gasteiger partial charge is 0.321 e. The van der Waals surface area contributed by atoms with Gasteiger partial charge in [0.2, 0.25) is 0 Å². The third kappa shape index (κ3) is 2.26. The van der Waals surface area contributed by atoms with Gasteiger partial charge in [0, 0.05) is 5.69 Å². The van der Waals surface area contributed by atoms with Crippen LogP contribution in [0.5, 0.6) is 0 Å². The zero-order valence-electron chi connectivity index (χ0n) is 10.1. The molecule has 20 heavy (non-hydrogen) atoms. The van der Waals surface area contributed by atoms with E-state index in [1.54, 1.807) is 30.3 Å². The lowest BCUT2D eigenvalue weighted by atomic mass is 10.2. The molecule has 0 aliphatic carbocycles. The zero-order valence-corrected chi connectivity index (χ0v) is 10.9. The van der Waals surface area contributed by atoms with Crippen LogP contribution in [-0.4, -0.2) is 15.9 Å². The average Bonchev–Trinajstić information content (AvgIpc) is 2.94. The number of anilines is 1. The molecule has 0 atom stereocenters. The standard InChI is InChI=1S/C13H9N3O3S/c17-11(10-2-1-5-20-10)14-7-3-4-8-9(6-7)16-13(19)12(18)15-8/h1-6H,(H,14,17)(H,15,18)(H,16,19). The molecule has 0 radical (unpaired) electrons. The van der Waals surface area contributed by atoms with E-state index in [4.69, 9.17) is 0 Å². The molecule has 0 aliphatic rings. The fourth-order valence-corrected chi connectivity index (χ4v) is 2.41. The highest BCUT2D eigenvalue weighted by atomic mass is 32.1. The molecule has 2 aromatic heterocycles. The molecule has 3 rings (SSSR count). The van der Waals surface area contributed by atoms with Crippen molar-refractivity contribution in [2.45, 2.75) is 0 Å². The normalized spacial score (nSPS) is 10.6. The van der Waals surface area contributed by atoms with Crippen LogP contribution in [0, 0.1) is 0 Å². The first-order chi connectivity index (χ1) is 9.63. The van der Waals surface area contributed by atoms with Crippen molar-refractivity contribution in [2.75, 3.05) is 5.32 Å². The number of nitrogens with one attached hydrogen (secondary N) is 3. The highest BCUT2D eigenvalue weighted by Crippen LogP contribution is 2.16. The molecular weight excluding hydrogens is 278 g/mol. The number of carbonyl (C=O) groups excluding carboxylic acids is 1. The Labute approximate surface area is 116 Å². The molecule has 0 bridgehead atoms. The van der Waals surface area contributed by atoms with Gasteiger partial charge in [0.05, 0.1) is 15.9 Å². The fourth-order valence-electron chi connectivity index (χ4n) is 1.79. The van der Waals surface area contributed by atoms with E-state index in [0.29, 0.717) is 21.6 Å². The summed E-state index contributed by atoms with van der Waals surface area (Å²) in [7, 11) is 0. The zero-order chi connectivity index (χ0) is 14.1. The lowest BCUT2D eigenvalue weighted by molar-refractivity contribution is 0.103. The number of amides is 1. The maximum absolute atomic E-state index is 11.9. The molecule has 3 N–H and O–H groups in total. The molecule has 7 heteroatoms. The van der Waals surface area contributed by atoms with Gasteiger partial charge >= 0.3 is 11.1 Å². The van der Waals surface area contributed by atoms with Crippen LogP contribution < -0.4 is 16.4 Å². The van der Waals surface area contributed by atoms with Gasteiger partial charge in [-0.2, -0.15) is 0 Å². The summed E-state index contributed by atoms with van der Waals surface area (Å²) in [6, 6.07) is 8.39. The number of fused-ring (bicyclic) bond motifs is 1. The number of aromatic nitrogens is 2. The Balaban J connectivity index is 1.97. The van der Waals surface area contributed by atoms with Gasteiger partial charge in [0.15, 0.2) is 0 Å². The minimum atomic E-state index is -0.723. The van der Waals surface area contributed by atoms with Crippen molar-refractivity contribution in [3.63, 3.8) is 0 Å². The summed E-state index contributed by atoms with van der Waals surface area (Å²) in [5, 5.41) is 4.54. The third-order valence-corrected chi connectivity index (χ3v) is 3.59. The number of benzene rings is 1. The number of hydrogen-bond donors (Lipinski definition) is 3. The summed E-state index contributed by atoms with van der Waals surface area (Å²) >= 11 is 1.34. The number of rotatable bonds is 2. The van der Waals surface area contributed by atoms with E-state index in [1.807, 2.05) is 5.38 Å². The number of carbonyl (C=O) groups is 1. The van der Waals surface area contributed by atoms with Crippen molar-refractivity contribution in [1.29, 1.82) is 0 Å². The van der Waals surface area contributed by atoms with Gasteiger partial charge in [-0.25, -0.2) is 0 Å². The minimum absolute atomic E-state index is 0.217. The number of aromatic amines is 2. The van der Waals surface area contributed by atoms with Gasteiger partial charge in [-0.15, -0.1) is 11.3 Å². The molecule has 0 saturated heterocycles. The van der Waals surface area contributed by atoms with Crippen LogP contribution in [-0.2, 0) is 0 Å². The Morgan fingerprint density at radius 3 is 2.50 bits per heavy atom. The second-order valence-corrected chi connectivity index (χ2v) is 5.05. The first-order valence-corrected chi connectivity index (χ1v) is 6.63. The van der Waals surface area contributed by atoms with Crippen LogP contribution in [0.1, 0.15) is 9.67 Å². The van der Waals surface area contributed by atoms with E-state index in [2.05, 4.69) is 15.3 Å². The van der Waals surface area contributed by atoms with Crippen LogP contribution in [0.25, 0.3) is 11.0 Å². The van der Waals surface area contributed by atoms with Crippen molar-refractivity contribution >= 4 is 34.0 Å². The molecule has 0 aliphatic heterocycles. The van der Waals surface area contributed by atoms with Crippen LogP contribution in [0.2, 0.25) is 0 Å². The van der Waals surface area contributed by atoms with E-state index >= 15 is 0 Å². The van der Waals surface area contributed by atoms with Gasteiger partial charge in [0.25, 0.3) is 5.91 Å². The molecule has 2 heterocycles. The van der Waals surface area contributed by atoms with Gasteiger partial charge in [-0.05, 0) is 29.6 Å². The van der Waals surface area contributed by atoms with Gasteiger partial charge in [0.1, 0.15) is 0 Å². The third-order valence-electron chi connectivity index (χ3n) is 2.73. The first-order valence-electron chi connectivity index (χ1n) is 5.75. The van der Waals surface area contributed by atoms with E-state index in [1.165, 1.54) is 11.3 Å². The van der Waals surface area contributed by atoms with Gasteiger partial charge in [-0.1, -0.05) is 6.07 Å². The minimum Gasteiger partial charge on any atom is -0.321 e. The molecule has 3 aromatic rings. The fraction of sp³-hybridized carbons (Fsp3) is 0.